The molecule has 180 valence electrons. The second-order valence-electron chi connectivity index (χ2n) is 9.24. The van der Waals surface area contributed by atoms with Gasteiger partial charge in [0, 0.05) is 36.5 Å². The van der Waals surface area contributed by atoms with Gasteiger partial charge in [-0.25, -0.2) is 4.39 Å². The number of aryl methyl sites for hydroxylation is 1. The Morgan fingerprint density at radius 1 is 0.833 bits per heavy atom. The minimum absolute atomic E-state index is 0.0676. The van der Waals surface area contributed by atoms with Gasteiger partial charge in [-0.05, 0) is 46.9 Å². The molecule has 0 unspecified atom stereocenters. The molecule has 4 aromatic carbocycles. The van der Waals surface area contributed by atoms with Gasteiger partial charge >= 0.3 is 0 Å². The van der Waals surface area contributed by atoms with Crippen LogP contribution in [0.4, 0.5) is 4.39 Å². The Bertz CT molecular complexity index is 1460. The molecule has 0 aliphatic carbocycles. The third kappa shape index (κ3) is 5.23. The number of halogens is 1. The van der Waals surface area contributed by atoms with Gasteiger partial charge in [0.25, 0.3) is 0 Å². The summed E-state index contributed by atoms with van der Waals surface area (Å²) in [5.41, 5.74) is 5.11. The summed E-state index contributed by atoms with van der Waals surface area (Å²) >= 11 is 0. The monoisotopic (exact) mass is 476 g/mol. The van der Waals surface area contributed by atoms with Gasteiger partial charge in [0.05, 0.1) is 6.04 Å². The van der Waals surface area contributed by atoms with Gasteiger partial charge in [-0.2, -0.15) is 0 Å². The third-order valence-electron chi connectivity index (χ3n) is 6.76. The van der Waals surface area contributed by atoms with Crippen molar-refractivity contribution in [3.8, 4) is 0 Å². The van der Waals surface area contributed by atoms with Gasteiger partial charge in [0.15, 0.2) is 0 Å². The standard InChI is InChI=1S/C32H29FN2O/c1-35-22-29(27-17-8-9-18-31(27)35)28(25-15-10-16-26(33)20-25)21-32(36)34-30(24-13-6-3-7-14-24)19-23-11-4-2-5-12-23/h2-18,20,22,28,30H,19,21H2,1H3,(H,34,36)/t28-,30-/m0/s1. The lowest BCUT2D eigenvalue weighted by atomic mass is 9.87. The van der Waals surface area contributed by atoms with Crippen LogP contribution < -0.4 is 5.32 Å². The van der Waals surface area contributed by atoms with Crippen molar-refractivity contribution in [1.82, 2.24) is 9.88 Å². The number of nitrogens with one attached hydrogen (secondary N) is 1. The highest BCUT2D eigenvalue weighted by Crippen LogP contribution is 2.35. The van der Waals surface area contributed by atoms with Crippen molar-refractivity contribution in [3.63, 3.8) is 0 Å². The van der Waals surface area contributed by atoms with Gasteiger partial charge in [-0.15, -0.1) is 0 Å². The van der Waals surface area contributed by atoms with Crippen LogP contribution >= 0.6 is 0 Å². The molecule has 0 spiro atoms. The summed E-state index contributed by atoms with van der Waals surface area (Å²) < 4.78 is 16.3. The molecule has 0 radical (unpaired) electrons. The lowest BCUT2D eigenvalue weighted by molar-refractivity contribution is -0.122. The molecule has 0 aliphatic heterocycles. The van der Waals surface area contributed by atoms with Crippen molar-refractivity contribution in [2.45, 2.75) is 24.8 Å². The van der Waals surface area contributed by atoms with Crippen LogP contribution in [0.5, 0.6) is 0 Å². The Morgan fingerprint density at radius 3 is 2.25 bits per heavy atom. The van der Waals surface area contributed by atoms with Crippen LogP contribution in [-0.4, -0.2) is 10.5 Å². The van der Waals surface area contributed by atoms with E-state index in [2.05, 4.69) is 40.3 Å². The van der Waals surface area contributed by atoms with Crippen LogP contribution in [0, 0.1) is 5.82 Å². The maximum absolute atomic E-state index is 14.3. The van der Waals surface area contributed by atoms with Gasteiger partial charge < -0.3 is 9.88 Å². The summed E-state index contributed by atoms with van der Waals surface area (Å²) in [4.78, 5) is 13.6. The van der Waals surface area contributed by atoms with Crippen LogP contribution in [0.3, 0.4) is 0 Å². The van der Waals surface area contributed by atoms with Gasteiger partial charge in [-0.3, -0.25) is 4.79 Å². The summed E-state index contributed by atoms with van der Waals surface area (Å²) in [5.74, 6) is -0.647. The molecule has 0 saturated heterocycles. The summed E-state index contributed by atoms with van der Waals surface area (Å²) in [6.07, 6.45) is 2.97. The molecule has 1 N–H and O–H groups in total. The predicted molar refractivity (Wildman–Crippen MR) is 143 cm³/mol. The number of hydrogen-bond donors (Lipinski definition) is 1. The quantitative estimate of drug-likeness (QED) is 0.259. The Kier molecular flexibility index (Phi) is 6.94. The first kappa shape index (κ1) is 23.6. The van der Waals surface area contributed by atoms with E-state index in [9.17, 15) is 9.18 Å². The minimum atomic E-state index is -0.301. The molecule has 1 aromatic heterocycles. The largest absolute Gasteiger partial charge is 0.350 e. The Balaban J connectivity index is 1.47. The highest BCUT2D eigenvalue weighted by molar-refractivity contribution is 5.86. The summed E-state index contributed by atoms with van der Waals surface area (Å²) in [5, 5.41) is 4.36. The zero-order valence-corrected chi connectivity index (χ0v) is 20.3. The molecule has 3 nitrogen and oxygen atoms in total. The zero-order valence-electron chi connectivity index (χ0n) is 20.3. The molecule has 5 aromatic rings. The number of para-hydroxylation sites is 1. The molecule has 2 atom stereocenters. The van der Waals surface area contributed by atoms with E-state index in [0.717, 1.165) is 33.2 Å². The first-order valence-corrected chi connectivity index (χ1v) is 12.3. The zero-order chi connectivity index (χ0) is 24.9. The van der Waals surface area contributed by atoms with Crippen molar-refractivity contribution >= 4 is 16.8 Å². The molecule has 0 fully saturated rings. The number of aromatic nitrogens is 1. The fourth-order valence-corrected chi connectivity index (χ4v) is 5.01. The van der Waals surface area contributed by atoms with Crippen LogP contribution in [0.2, 0.25) is 0 Å². The normalized spacial score (nSPS) is 12.8. The van der Waals surface area contributed by atoms with E-state index in [1.54, 1.807) is 12.1 Å². The smallest absolute Gasteiger partial charge is 0.221 e. The van der Waals surface area contributed by atoms with Crippen molar-refractivity contribution in [3.05, 3.63) is 143 Å². The second-order valence-corrected chi connectivity index (χ2v) is 9.24. The van der Waals surface area contributed by atoms with Gasteiger partial charge in [-0.1, -0.05) is 91.0 Å². The fraction of sp³-hybridized carbons (Fsp3) is 0.156. The van der Waals surface area contributed by atoms with E-state index in [1.807, 2.05) is 73.8 Å². The highest BCUT2D eigenvalue weighted by Gasteiger charge is 2.24. The van der Waals surface area contributed by atoms with Crippen molar-refractivity contribution in [2.24, 2.45) is 7.05 Å². The number of amides is 1. The molecule has 4 heteroatoms. The molecule has 1 amide bonds. The molecule has 0 saturated carbocycles. The van der Waals surface area contributed by atoms with E-state index in [0.29, 0.717) is 6.42 Å². The molecule has 0 aliphatic rings. The average Bonchev–Trinajstić information content (AvgIpc) is 3.24. The van der Waals surface area contributed by atoms with E-state index >= 15 is 0 Å². The number of benzene rings is 4. The molecule has 5 rings (SSSR count). The lowest BCUT2D eigenvalue weighted by Gasteiger charge is -2.22. The van der Waals surface area contributed by atoms with Gasteiger partial charge in [0.1, 0.15) is 5.82 Å². The molecule has 36 heavy (non-hydrogen) atoms. The first-order valence-electron chi connectivity index (χ1n) is 12.3. The highest BCUT2D eigenvalue weighted by atomic mass is 19.1. The van der Waals surface area contributed by atoms with E-state index < -0.39 is 0 Å². The predicted octanol–water partition coefficient (Wildman–Crippen LogP) is 6.94. The topological polar surface area (TPSA) is 34.0 Å². The van der Waals surface area contributed by atoms with Crippen LogP contribution in [0.1, 0.15) is 40.6 Å². The van der Waals surface area contributed by atoms with E-state index in [1.165, 1.54) is 6.07 Å². The molecule has 1 heterocycles. The Hall–Kier alpha value is -4.18. The van der Waals surface area contributed by atoms with Crippen molar-refractivity contribution in [2.75, 3.05) is 0 Å². The summed E-state index contributed by atoms with van der Waals surface area (Å²) in [6.45, 7) is 0. The summed E-state index contributed by atoms with van der Waals surface area (Å²) in [6, 6.07) is 34.8. The number of carbonyl (C=O) groups excluding carboxylic acids is 1. The van der Waals surface area contributed by atoms with E-state index in [4.69, 9.17) is 0 Å². The number of rotatable bonds is 8. The molecular formula is C32H29FN2O. The SMILES string of the molecule is Cn1cc([C@@H](CC(=O)N[C@@H](Cc2ccccc2)c2ccccc2)c2cccc(F)c2)c2ccccc21. The number of hydrogen-bond acceptors (Lipinski definition) is 1. The maximum Gasteiger partial charge on any atom is 0.221 e. The Morgan fingerprint density at radius 2 is 1.50 bits per heavy atom. The average molecular weight is 477 g/mol. The first-order chi connectivity index (χ1) is 17.6. The van der Waals surface area contributed by atoms with E-state index in [-0.39, 0.29) is 30.1 Å². The number of carbonyl (C=O) groups is 1. The fourth-order valence-electron chi connectivity index (χ4n) is 5.01. The van der Waals surface area contributed by atoms with Gasteiger partial charge in [0.2, 0.25) is 5.91 Å². The summed E-state index contributed by atoms with van der Waals surface area (Å²) in [7, 11) is 2.00. The second kappa shape index (κ2) is 10.6. The molecule has 0 bridgehead atoms. The Labute approximate surface area is 211 Å². The maximum atomic E-state index is 14.3. The third-order valence-corrected chi connectivity index (χ3v) is 6.76. The van der Waals surface area contributed by atoms with Crippen LogP contribution in [0.25, 0.3) is 10.9 Å². The van der Waals surface area contributed by atoms with Crippen LogP contribution in [-0.2, 0) is 18.3 Å². The minimum Gasteiger partial charge on any atom is -0.350 e. The number of fused-ring (bicyclic) bond motifs is 1. The lowest BCUT2D eigenvalue weighted by Crippen LogP contribution is -2.31. The number of nitrogens with zero attached hydrogens (tertiary/aromatic N) is 1. The molecular weight excluding hydrogens is 447 g/mol. The van der Waals surface area contributed by atoms with Crippen molar-refractivity contribution in [1.29, 1.82) is 0 Å². The van der Waals surface area contributed by atoms with Crippen LogP contribution in [0.15, 0.2) is 115 Å². The van der Waals surface area contributed by atoms with Crippen molar-refractivity contribution < 1.29 is 9.18 Å².